The molecule has 0 aliphatic carbocycles. The molecule has 170 valence electrons. The Morgan fingerprint density at radius 3 is 1.38 bits per heavy atom. The average Bonchev–Trinajstić information content (AvgIpc) is 3.72. The van der Waals surface area contributed by atoms with E-state index in [0.29, 0.717) is 0 Å². The van der Waals surface area contributed by atoms with E-state index in [1.165, 1.54) is 0 Å². The predicted molar refractivity (Wildman–Crippen MR) is 150 cm³/mol. The van der Waals surface area contributed by atoms with Gasteiger partial charge in [0.05, 0.1) is 22.8 Å². The number of benzene rings is 2. The number of fused-ring (bicyclic) bond motifs is 8. The van der Waals surface area contributed by atoms with E-state index in [-0.39, 0.29) is 19.5 Å². The molecular formula is C32H22N4Zn+2. The minimum absolute atomic E-state index is 0. The zero-order chi connectivity index (χ0) is 23.9. The van der Waals surface area contributed by atoms with Crippen molar-refractivity contribution in [1.29, 1.82) is 0 Å². The van der Waals surface area contributed by atoms with Gasteiger partial charge in [0.15, 0.2) is 0 Å². The summed E-state index contributed by atoms with van der Waals surface area (Å²) in [4.78, 5) is 17.2. The van der Waals surface area contributed by atoms with Gasteiger partial charge in [0, 0.05) is 33.2 Å². The van der Waals surface area contributed by atoms with Crippen molar-refractivity contribution in [2.45, 2.75) is 0 Å². The zero-order valence-corrected chi connectivity index (χ0v) is 23.1. The van der Waals surface area contributed by atoms with Crippen molar-refractivity contribution in [1.82, 2.24) is 19.9 Å². The van der Waals surface area contributed by atoms with Crippen LogP contribution in [0.3, 0.4) is 0 Å². The van der Waals surface area contributed by atoms with E-state index in [1.54, 1.807) is 0 Å². The summed E-state index contributed by atoms with van der Waals surface area (Å²) in [5.74, 6) is 0. The molecule has 5 aromatic rings. The molecule has 3 aromatic heterocycles. The van der Waals surface area contributed by atoms with Gasteiger partial charge < -0.3 is 9.97 Å². The Morgan fingerprint density at radius 2 is 0.919 bits per heavy atom. The molecule has 0 unspecified atom stereocenters. The molecule has 0 atom stereocenters. The minimum Gasteiger partial charge on any atom is -0.355 e. The summed E-state index contributed by atoms with van der Waals surface area (Å²) >= 11 is 0. The quantitative estimate of drug-likeness (QED) is 0.224. The van der Waals surface area contributed by atoms with Crippen molar-refractivity contribution >= 4 is 46.4 Å². The molecule has 0 amide bonds. The Kier molecular flexibility index (Phi) is 6.00. The first-order valence-corrected chi connectivity index (χ1v) is 12.0. The number of hydrogen-bond donors (Lipinski definition) is 2. The molecule has 4 nitrogen and oxygen atoms in total. The van der Waals surface area contributed by atoms with Crippen LogP contribution in [-0.4, -0.2) is 19.9 Å². The molecular weight excluding hydrogens is 506 g/mol. The first-order valence-electron chi connectivity index (χ1n) is 12.0. The molecule has 0 saturated heterocycles. The number of nitrogens with zero attached hydrogens (tertiary/aromatic N) is 2. The van der Waals surface area contributed by atoms with Crippen LogP contribution in [0.2, 0.25) is 0 Å². The van der Waals surface area contributed by atoms with Crippen LogP contribution in [-0.2, 0) is 19.5 Å². The topological polar surface area (TPSA) is 57.4 Å². The first-order chi connectivity index (χ1) is 17.8. The van der Waals surface area contributed by atoms with E-state index < -0.39 is 0 Å². The van der Waals surface area contributed by atoms with Gasteiger partial charge in [-0.2, -0.15) is 0 Å². The van der Waals surface area contributed by atoms with Crippen molar-refractivity contribution in [3.63, 3.8) is 0 Å². The van der Waals surface area contributed by atoms with Gasteiger partial charge in [0.25, 0.3) is 0 Å². The number of rotatable bonds is 2. The Morgan fingerprint density at radius 1 is 0.459 bits per heavy atom. The van der Waals surface area contributed by atoms with Crippen molar-refractivity contribution in [2.75, 3.05) is 0 Å². The van der Waals surface area contributed by atoms with Crippen LogP contribution >= 0.6 is 0 Å². The summed E-state index contributed by atoms with van der Waals surface area (Å²) in [6.07, 6.45) is 8.27. The first kappa shape index (κ1) is 23.1. The molecule has 5 heterocycles. The molecule has 0 radical (unpaired) electrons. The van der Waals surface area contributed by atoms with E-state index in [0.717, 1.165) is 67.1 Å². The van der Waals surface area contributed by atoms with E-state index in [1.807, 2.05) is 18.2 Å². The maximum absolute atomic E-state index is 4.98. The Balaban J connectivity index is 0.00000252. The summed E-state index contributed by atoms with van der Waals surface area (Å²) in [6.45, 7) is 0. The third-order valence-electron chi connectivity index (χ3n) is 6.52. The van der Waals surface area contributed by atoms with Crippen LogP contribution in [0.5, 0.6) is 0 Å². The van der Waals surface area contributed by atoms with Gasteiger partial charge in [-0.15, -0.1) is 0 Å². The fourth-order valence-electron chi connectivity index (χ4n) is 4.89. The second-order valence-corrected chi connectivity index (χ2v) is 8.94. The smallest absolute Gasteiger partial charge is 0.355 e. The molecule has 0 spiro atoms. The summed E-state index contributed by atoms with van der Waals surface area (Å²) in [6, 6.07) is 33.4. The standard InChI is InChI=1S/C32H22N4.Zn/c1-3-7-21(8-4-1)31-27-15-11-23(33-27)19-25-13-17-29(35-25)32(22-9-5-2-6-10-22)30-18-14-26(36-30)20-24-12-16-28(31)34-24;/h1-20,33,35H;/q;+2. The summed E-state index contributed by atoms with van der Waals surface area (Å²) < 4.78 is 0. The van der Waals surface area contributed by atoms with Crippen LogP contribution in [0.1, 0.15) is 22.8 Å². The van der Waals surface area contributed by atoms with Crippen LogP contribution < -0.4 is 0 Å². The summed E-state index contributed by atoms with van der Waals surface area (Å²) in [5.41, 5.74) is 12.1. The van der Waals surface area contributed by atoms with E-state index in [9.17, 15) is 0 Å². The number of aromatic nitrogens is 4. The fraction of sp³-hybridized carbons (Fsp3) is 0. The van der Waals surface area contributed by atoms with Crippen molar-refractivity contribution in [3.8, 4) is 22.3 Å². The monoisotopic (exact) mass is 526 g/mol. The molecule has 5 heteroatoms. The molecule has 0 saturated carbocycles. The van der Waals surface area contributed by atoms with Crippen molar-refractivity contribution in [2.24, 2.45) is 0 Å². The van der Waals surface area contributed by atoms with Gasteiger partial charge in [0.2, 0.25) is 0 Å². The summed E-state index contributed by atoms with van der Waals surface area (Å²) in [5, 5.41) is 0. The van der Waals surface area contributed by atoms with Gasteiger partial charge in [-0.3, -0.25) is 0 Å². The van der Waals surface area contributed by atoms with Crippen LogP contribution in [0.4, 0.5) is 0 Å². The van der Waals surface area contributed by atoms with Crippen molar-refractivity contribution in [3.05, 3.63) is 120 Å². The maximum Gasteiger partial charge on any atom is 2.00 e. The van der Waals surface area contributed by atoms with Crippen LogP contribution in [0.25, 0.3) is 68.6 Å². The average molecular weight is 528 g/mol. The normalized spacial score (nSPS) is 11.9. The molecule has 2 aromatic carbocycles. The molecule has 2 aliphatic heterocycles. The molecule has 8 bridgehead atoms. The SMILES string of the molecule is C1=Cc2nc1cc1nc(c(-c3ccccc3)c3ccc(cc4ccc([nH]4)c2-c2ccccc2)[nH]3)C=C1.[Zn+2]. The molecule has 2 aliphatic rings. The largest absolute Gasteiger partial charge is 2.00 e. The molecule has 2 N–H and O–H groups in total. The maximum atomic E-state index is 4.98. The van der Waals surface area contributed by atoms with Gasteiger partial charge in [-0.05, 0) is 71.8 Å². The minimum atomic E-state index is 0. The van der Waals surface area contributed by atoms with Crippen LogP contribution in [0.15, 0.2) is 97.1 Å². The Hall–Kier alpha value is -4.34. The predicted octanol–water partition coefficient (Wildman–Crippen LogP) is 7.99. The number of aromatic amines is 2. The van der Waals surface area contributed by atoms with Gasteiger partial charge in [0.1, 0.15) is 0 Å². The van der Waals surface area contributed by atoms with Crippen LogP contribution in [0, 0.1) is 0 Å². The Bertz CT molecular complexity index is 1700. The number of nitrogens with one attached hydrogen (secondary N) is 2. The molecule has 37 heavy (non-hydrogen) atoms. The van der Waals surface area contributed by atoms with Gasteiger partial charge in [-0.25, -0.2) is 9.97 Å². The van der Waals surface area contributed by atoms with Gasteiger partial charge in [-0.1, -0.05) is 60.7 Å². The molecule has 7 rings (SSSR count). The van der Waals surface area contributed by atoms with Crippen molar-refractivity contribution < 1.29 is 19.5 Å². The van der Waals surface area contributed by atoms with E-state index in [2.05, 4.69) is 113 Å². The van der Waals surface area contributed by atoms with E-state index in [4.69, 9.17) is 9.97 Å². The third kappa shape index (κ3) is 4.39. The second kappa shape index (κ2) is 9.61. The second-order valence-electron chi connectivity index (χ2n) is 8.94. The molecule has 0 fully saturated rings. The summed E-state index contributed by atoms with van der Waals surface area (Å²) in [7, 11) is 0. The fourth-order valence-corrected chi connectivity index (χ4v) is 4.89. The van der Waals surface area contributed by atoms with E-state index >= 15 is 0 Å². The number of H-pyrrole nitrogens is 2. The zero-order valence-electron chi connectivity index (χ0n) is 20.1. The number of hydrogen-bond acceptors (Lipinski definition) is 2. The third-order valence-corrected chi connectivity index (χ3v) is 6.52. The Labute approximate surface area is 227 Å². The van der Waals surface area contributed by atoms with Gasteiger partial charge >= 0.3 is 19.5 Å².